The number of amides is 1. The molecule has 8 heteroatoms. The van der Waals surface area contributed by atoms with Gasteiger partial charge in [-0.15, -0.1) is 0 Å². The van der Waals surface area contributed by atoms with Crippen molar-refractivity contribution in [3.05, 3.63) is 69.2 Å². The van der Waals surface area contributed by atoms with Crippen LogP contribution in [0.4, 0.5) is 0 Å². The van der Waals surface area contributed by atoms with Gasteiger partial charge in [0.05, 0.1) is 29.9 Å². The van der Waals surface area contributed by atoms with Crippen LogP contribution in [0.15, 0.2) is 48.0 Å². The zero-order valence-corrected chi connectivity index (χ0v) is 18.3. The molecule has 2 aliphatic rings. The van der Waals surface area contributed by atoms with E-state index in [1.807, 2.05) is 0 Å². The van der Waals surface area contributed by atoms with E-state index in [0.29, 0.717) is 28.5 Å². The molecule has 4 rings (SSSR count). The first-order valence-electron chi connectivity index (χ1n) is 9.90. The monoisotopic (exact) mass is 461 g/mol. The van der Waals surface area contributed by atoms with E-state index in [4.69, 9.17) is 32.7 Å². The lowest BCUT2D eigenvalue weighted by atomic mass is 9.95. The van der Waals surface area contributed by atoms with Gasteiger partial charge in [-0.1, -0.05) is 35.3 Å². The summed E-state index contributed by atoms with van der Waals surface area (Å²) >= 11 is 12.2. The molecule has 2 heterocycles. The minimum Gasteiger partial charge on any atom is -0.507 e. The van der Waals surface area contributed by atoms with Crippen LogP contribution in [0.2, 0.25) is 10.0 Å². The largest absolute Gasteiger partial charge is 0.507 e. The van der Waals surface area contributed by atoms with Crippen molar-refractivity contribution in [3.63, 3.8) is 0 Å². The molecule has 0 saturated carbocycles. The average Bonchev–Trinajstić information content (AvgIpc) is 3.36. The van der Waals surface area contributed by atoms with E-state index < -0.39 is 17.7 Å². The lowest BCUT2D eigenvalue weighted by Crippen LogP contribution is -2.36. The van der Waals surface area contributed by atoms with Gasteiger partial charge in [0.1, 0.15) is 11.5 Å². The van der Waals surface area contributed by atoms with Crippen LogP contribution in [0.1, 0.15) is 30.0 Å². The van der Waals surface area contributed by atoms with Crippen LogP contribution in [0.3, 0.4) is 0 Å². The summed E-state index contributed by atoms with van der Waals surface area (Å²) in [6.07, 6.45) is 1.57. The normalized spacial score (nSPS) is 22.9. The van der Waals surface area contributed by atoms with Crippen LogP contribution >= 0.6 is 23.2 Å². The van der Waals surface area contributed by atoms with Gasteiger partial charge in [-0.3, -0.25) is 9.59 Å². The Balaban J connectivity index is 1.82. The number of hydrogen-bond acceptors (Lipinski definition) is 5. The molecular formula is C23H21Cl2NO5. The molecule has 2 aromatic carbocycles. The fourth-order valence-electron chi connectivity index (χ4n) is 4.04. The molecular weight excluding hydrogens is 441 g/mol. The van der Waals surface area contributed by atoms with Gasteiger partial charge >= 0.3 is 0 Å². The van der Waals surface area contributed by atoms with Crippen molar-refractivity contribution < 1.29 is 24.2 Å². The summed E-state index contributed by atoms with van der Waals surface area (Å²) in [5.41, 5.74) is 0.995. The van der Waals surface area contributed by atoms with Gasteiger partial charge in [0, 0.05) is 23.7 Å². The molecule has 0 spiro atoms. The molecule has 0 aliphatic carbocycles. The number of carbonyl (C=O) groups is 2. The number of aliphatic hydroxyl groups is 1. The maximum absolute atomic E-state index is 13.0. The number of hydrogen-bond donors (Lipinski definition) is 1. The Kier molecular flexibility index (Phi) is 6.23. The Hall–Kier alpha value is -2.54. The summed E-state index contributed by atoms with van der Waals surface area (Å²) in [6, 6.07) is 10.8. The molecule has 0 radical (unpaired) electrons. The van der Waals surface area contributed by atoms with E-state index in [1.54, 1.807) is 36.4 Å². The summed E-state index contributed by atoms with van der Waals surface area (Å²) in [5, 5.41) is 11.9. The van der Waals surface area contributed by atoms with Crippen molar-refractivity contribution in [2.75, 3.05) is 20.3 Å². The Labute approximate surface area is 190 Å². The maximum Gasteiger partial charge on any atom is 0.295 e. The third-order valence-corrected chi connectivity index (χ3v) is 6.12. The molecule has 2 fully saturated rings. The van der Waals surface area contributed by atoms with Gasteiger partial charge in [0.25, 0.3) is 11.7 Å². The van der Waals surface area contributed by atoms with Gasteiger partial charge in [-0.25, -0.2) is 0 Å². The molecule has 2 atom stereocenters. The molecule has 2 unspecified atom stereocenters. The highest BCUT2D eigenvalue weighted by molar-refractivity contribution is 6.46. The highest BCUT2D eigenvalue weighted by Gasteiger charge is 2.47. The van der Waals surface area contributed by atoms with Crippen molar-refractivity contribution >= 4 is 40.7 Å². The molecule has 1 N–H and O–H groups in total. The fraction of sp³-hybridized carbons (Fsp3) is 0.304. The SMILES string of the molecule is COc1ccc(/C(O)=C2/C(=O)C(=O)N(CC3CCCO3)C2c2ccc(Cl)cc2)cc1Cl. The first-order chi connectivity index (χ1) is 14.9. The topological polar surface area (TPSA) is 76.1 Å². The zero-order valence-electron chi connectivity index (χ0n) is 16.8. The number of ketones is 1. The van der Waals surface area contributed by atoms with E-state index in [1.165, 1.54) is 18.1 Å². The molecule has 2 saturated heterocycles. The smallest absolute Gasteiger partial charge is 0.295 e. The standard InChI is InChI=1S/C23H21Cl2NO5/c1-30-18-9-6-14(11-17(18)25)21(27)19-20(13-4-7-15(24)8-5-13)26(23(29)22(19)28)12-16-3-2-10-31-16/h4-9,11,16,20,27H,2-3,10,12H2,1H3/b21-19-. The first-order valence-corrected chi connectivity index (χ1v) is 10.7. The van der Waals surface area contributed by atoms with Gasteiger partial charge in [0.2, 0.25) is 0 Å². The number of ether oxygens (including phenoxy) is 2. The maximum atomic E-state index is 13.0. The first kappa shape index (κ1) is 21.7. The summed E-state index contributed by atoms with van der Waals surface area (Å²) in [6.45, 7) is 0.891. The predicted molar refractivity (Wildman–Crippen MR) is 117 cm³/mol. The van der Waals surface area contributed by atoms with E-state index in [2.05, 4.69) is 0 Å². The minimum absolute atomic E-state index is 0.00607. The Bertz CT molecular complexity index is 1040. The third-order valence-electron chi connectivity index (χ3n) is 5.58. The second-order valence-electron chi connectivity index (χ2n) is 7.49. The van der Waals surface area contributed by atoms with E-state index >= 15 is 0 Å². The average molecular weight is 462 g/mol. The van der Waals surface area contributed by atoms with Crippen LogP contribution in [-0.2, 0) is 14.3 Å². The molecule has 2 aromatic rings. The van der Waals surface area contributed by atoms with Crippen molar-refractivity contribution in [2.24, 2.45) is 0 Å². The predicted octanol–water partition coefficient (Wildman–Crippen LogP) is 4.60. The van der Waals surface area contributed by atoms with Crippen LogP contribution in [-0.4, -0.2) is 48.1 Å². The summed E-state index contributed by atoms with van der Waals surface area (Å²) < 4.78 is 10.8. The molecule has 6 nitrogen and oxygen atoms in total. The number of carbonyl (C=O) groups excluding carboxylic acids is 2. The number of rotatable bonds is 5. The summed E-state index contributed by atoms with van der Waals surface area (Å²) in [4.78, 5) is 27.5. The van der Waals surface area contributed by atoms with Gasteiger partial charge < -0.3 is 19.5 Å². The Morgan fingerprint density at radius 1 is 1.19 bits per heavy atom. The number of aliphatic hydroxyl groups excluding tert-OH is 1. The molecule has 2 aliphatic heterocycles. The van der Waals surface area contributed by atoms with Crippen LogP contribution < -0.4 is 4.74 Å². The fourth-order valence-corrected chi connectivity index (χ4v) is 4.42. The van der Waals surface area contributed by atoms with Crippen molar-refractivity contribution in [1.82, 2.24) is 4.90 Å². The van der Waals surface area contributed by atoms with Crippen LogP contribution in [0.25, 0.3) is 5.76 Å². The molecule has 0 bridgehead atoms. The van der Waals surface area contributed by atoms with Crippen molar-refractivity contribution in [2.45, 2.75) is 25.0 Å². The van der Waals surface area contributed by atoms with E-state index in [0.717, 1.165) is 12.8 Å². The number of benzene rings is 2. The second-order valence-corrected chi connectivity index (χ2v) is 8.33. The number of Topliss-reactive ketones (excluding diaryl/α,β-unsaturated/α-hetero) is 1. The lowest BCUT2D eigenvalue weighted by molar-refractivity contribution is -0.140. The minimum atomic E-state index is -0.762. The number of likely N-dealkylation sites (tertiary alicyclic amines) is 1. The highest BCUT2D eigenvalue weighted by Crippen LogP contribution is 2.41. The highest BCUT2D eigenvalue weighted by atomic mass is 35.5. The van der Waals surface area contributed by atoms with Gasteiger partial charge in [-0.2, -0.15) is 0 Å². The number of nitrogens with zero attached hydrogens (tertiary/aromatic N) is 1. The zero-order chi connectivity index (χ0) is 22.1. The summed E-state index contributed by atoms with van der Waals surface area (Å²) in [7, 11) is 1.48. The third kappa shape index (κ3) is 4.15. The Morgan fingerprint density at radius 3 is 2.55 bits per heavy atom. The Morgan fingerprint density at radius 2 is 1.94 bits per heavy atom. The molecule has 162 valence electrons. The van der Waals surface area contributed by atoms with Crippen LogP contribution in [0, 0.1) is 0 Å². The van der Waals surface area contributed by atoms with E-state index in [9.17, 15) is 14.7 Å². The van der Waals surface area contributed by atoms with Crippen molar-refractivity contribution in [3.8, 4) is 5.75 Å². The van der Waals surface area contributed by atoms with Crippen molar-refractivity contribution in [1.29, 1.82) is 0 Å². The molecule has 1 amide bonds. The van der Waals surface area contributed by atoms with E-state index in [-0.39, 0.29) is 29.0 Å². The number of methoxy groups -OCH3 is 1. The lowest BCUT2D eigenvalue weighted by Gasteiger charge is -2.27. The molecule has 31 heavy (non-hydrogen) atoms. The van der Waals surface area contributed by atoms with Crippen LogP contribution in [0.5, 0.6) is 5.75 Å². The second kappa shape index (κ2) is 8.91. The molecule has 0 aromatic heterocycles. The van der Waals surface area contributed by atoms with Gasteiger partial charge in [-0.05, 0) is 48.7 Å². The quantitative estimate of drug-likeness (QED) is 0.399. The summed E-state index contributed by atoms with van der Waals surface area (Å²) in [5.74, 6) is -1.28. The number of halogens is 2. The van der Waals surface area contributed by atoms with Gasteiger partial charge in [0.15, 0.2) is 0 Å².